The Morgan fingerprint density at radius 2 is 2.11 bits per heavy atom. The molecule has 2 heterocycles. The zero-order chi connectivity index (χ0) is 19.2. The molecule has 1 aromatic heterocycles. The summed E-state index contributed by atoms with van der Waals surface area (Å²) in [4.78, 5) is 41.4. The van der Waals surface area contributed by atoms with Crippen molar-refractivity contribution in [3.8, 4) is 0 Å². The molecule has 1 atom stereocenters. The van der Waals surface area contributed by atoms with E-state index in [1.54, 1.807) is 16.2 Å². The van der Waals surface area contributed by atoms with Gasteiger partial charge in [0, 0.05) is 19.5 Å². The standard InChI is InChI=1S/C19H23N3O4S/c20-19(25)13-5-4-10-22(11-13)17(23)12-26-18(24)9-3-8-16-21-14-6-1-2-7-15(14)27-16/h1-2,6-7,13H,3-5,8-12H2,(H2,20,25)/t13-/m1/s1. The number of piperidine rings is 1. The van der Waals surface area contributed by atoms with Crippen LogP contribution in [0.25, 0.3) is 10.2 Å². The van der Waals surface area contributed by atoms with E-state index in [1.807, 2.05) is 24.3 Å². The highest BCUT2D eigenvalue weighted by atomic mass is 32.1. The van der Waals surface area contributed by atoms with E-state index in [0.29, 0.717) is 32.4 Å². The van der Waals surface area contributed by atoms with Gasteiger partial charge in [0.15, 0.2) is 6.61 Å². The molecule has 2 amide bonds. The third-order valence-corrected chi connectivity index (χ3v) is 5.74. The summed E-state index contributed by atoms with van der Waals surface area (Å²) >= 11 is 1.63. The molecule has 7 nitrogen and oxygen atoms in total. The topological polar surface area (TPSA) is 103 Å². The number of nitrogens with two attached hydrogens (primary N) is 1. The summed E-state index contributed by atoms with van der Waals surface area (Å²) in [6, 6.07) is 7.93. The average Bonchev–Trinajstić information content (AvgIpc) is 3.09. The van der Waals surface area contributed by atoms with E-state index in [0.717, 1.165) is 21.6 Å². The fourth-order valence-corrected chi connectivity index (χ4v) is 4.16. The van der Waals surface area contributed by atoms with Crippen LogP contribution in [-0.4, -0.2) is 47.4 Å². The normalized spacial score (nSPS) is 17.0. The van der Waals surface area contributed by atoms with Gasteiger partial charge in [0.25, 0.3) is 5.91 Å². The largest absolute Gasteiger partial charge is 0.456 e. The molecule has 1 aliphatic heterocycles. The quantitative estimate of drug-likeness (QED) is 0.729. The Morgan fingerprint density at radius 3 is 2.89 bits per heavy atom. The molecule has 0 aliphatic carbocycles. The monoisotopic (exact) mass is 389 g/mol. The molecular formula is C19H23N3O4S. The predicted octanol–water partition coefficient (Wildman–Crippen LogP) is 1.89. The Kier molecular flexibility index (Phi) is 6.39. The molecule has 0 bridgehead atoms. The van der Waals surface area contributed by atoms with Gasteiger partial charge >= 0.3 is 5.97 Å². The molecule has 1 aliphatic rings. The molecule has 1 saturated heterocycles. The number of carbonyl (C=O) groups excluding carboxylic acids is 3. The van der Waals surface area contributed by atoms with E-state index < -0.39 is 5.97 Å². The number of benzene rings is 1. The minimum Gasteiger partial charge on any atom is -0.456 e. The van der Waals surface area contributed by atoms with Gasteiger partial charge in [0.05, 0.1) is 21.1 Å². The fourth-order valence-electron chi connectivity index (χ4n) is 3.15. The summed E-state index contributed by atoms with van der Waals surface area (Å²) in [6.07, 6.45) is 3.00. The lowest BCUT2D eigenvalue weighted by molar-refractivity contribution is -0.153. The highest BCUT2D eigenvalue weighted by molar-refractivity contribution is 7.18. The molecule has 1 fully saturated rings. The average molecular weight is 389 g/mol. The Hall–Kier alpha value is -2.48. The fraction of sp³-hybridized carbons (Fsp3) is 0.474. The van der Waals surface area contributed by atoms with Crippen LogP contribution < -0.4 is 5.73 Å². The Bertz CT molecular complexity index is 802. The van der Waals surface area contributed by atoms with Crippen LogP contribution >= 0.6 is 11.3 Å². The molecule has 27 heavy (non-hydrogen) atoms. The summed E-state index contributed by atoms with van der Waals surface area (Å²) in [5.74, 6) is -1.38. The minimum absolute atomic E-state index is 0.243. The molecule has 2 aromatic rings. The molecule has 144 valence electrons. The first-order chi connectivity index (χ1) is 13.0. The van der Waals surface area contributed by atoms with Gasteiger partial charge in [-0.15, -0.1) is 11.3 Å². The second-order valence-corrected chi connectivity index (χ2v) is 7.79. The third kappa shape index (κ3) is 5.26. The van der Waals surface area contributed by atoms with Crippen molar-refractivity contribution in [1.82, 2.24) is 9.88 Å². The lowest BCUT2D eigenvalue weighted by Gasteiger charge is -2.31. The van der Waals surface area contributed by atoms with Crippen molar-refractivity contribution < 1.29 is 19.1 Å². The highest BCUT2D eigenvalue weighted by Crippen LogP contribution is 2.22. The van der Waals surface area contributed by atoms with E-state index in [-0.39, 0.29) is 30.8 Å². The lowest BCUT2D eigenvalue weighted by atomic mass is 9.97. The number of carbonyl (C=O) groups is 3. The second kappa shape index (κ2) is 8.94. The molecule has 2 N–H and O–H groups in total. The van der Waals surface area contributed by atoms with Gasteiger partial charge in [-0.1, -0.05) is 12.1 Å². The molecule has 8 heteroatoms. The first kappa shape index (κ1) is 19.3. The number of ether oxygens (including phenoxy) is 1. The maximum atomic E-state index is 12.2. The minimum atomic E-state index is -0.395. The van der Waals surface area contributed by atoms with Crippen molar-refractivity contribution in [1.29, 1.82) is 0 Å². The molecular weight excluding hydrogens is 366 g/mol. The molecule has 0 radical (unpaired) electrons. The van der Waals surface area contributed by atoms with Crippen LogP contribution in [0.4, 0.5) is 0 Å². The number of para-hydroxylation sites is 1. The third-order valence-electron chi connectivity index (χ3n) is 4.64. The van der Waals surface area contributed by atoms with E-state index in [4.69, 9.17) is 10.5 Å². The summed E-state index contributed by atoms with van der Waals surface area (Å²) < 4.78 is 6.22. The Morgan fingerprint density at radius 1 is 1.30 bits per heavy atom. The van der Waals surface area contributed by atoms with Crippen molar-refractivity contribution in [3.05, 3.63) is 29.3 Å². The molecule has 0 saturated carbocycles. The van der Waals surface area contributed by atoms with E-state index in [2.05, 4.69) is 4.98 Å². The van der Waals surface area contributed by atoms with Gasteiger partial charge in [0.2, 0.25) is 5.91 Å². The van der Waals surface area contributed by atoms with Gasteiger partial charge in [0.1, 0.15) is 0 Å². The number of hydrogen-bond acceptors (Lipinski definition) is 6. The SMILES string of the molecule is NC(=O)[C@@H]1CCCN(C(=O)COC(=O)CCCc2nc3ccccc3s2)C1. The Balaban J connectivity index is 1.37. The number of aromatic nitrogens is 1. The molecule has 0 spiro atoms. The number of nitrogens with zero attached hydrogens (tertiary/aromatic N) is 2. The lowest BCUT2D eigenvalue weighted by Crippen LogP contribution is -2.45. The number of hydrogen-bond donors (Lipinski definition) is 1. The van der Waals surface area contributed by atoms with Crippen LogP contribution in [0.2, 0.25) is 0 Å². The van der Waals surface area contributed by atoms with Crippen molar-refractivity contribution in [2.24, 2.45) is 11.7 Å². The zero-order valence-electron chi connectivity index (χ0n) is 15.1. The molecule has 3 rings (SSSR count). The van der Waals surface area contributed by atoms with Crippen molar-refractivity contribution >= 4 is 39.3 Å². The first-order valence-corrected chi connectivity index (χ1v) is 9.92. The summed E-state index contributed by atoms with van der Waals surface area (Å²) in [6.45, 7) is 0.590. The number of amides is 2. The number of thiazole rings is 1. The maximum Gasteiger partial charge on any atom is 0.306 e. The maximum absolute atomic E-state index is 12.2. The van der Waals surface area contributed by atoms with Crippen molar-refractivity contribution in [2.75, 3.05) is 19.7 Å². The molecule has 0 unspecified atom stereocenters. The highest BCUT2D eigenvalue weighted by Gasteiger charge is 2.27. The smallest absolute Gasteiger partial charge is 0.306 e. The van der Waals surface area contributed by atoms with Crippen LogP contribution in [0.1, 0.15) is 30.7 Å². The number of rotatable bonds is 7. The number of aryl methyl sites for hydroxylation is 1. The number of primary amides is 1. The van der Waals surface area contributed by atoms with E-state index >= 15 is 0 Å². The number of likely N-dealkylation sites (tertiary alicyclic amines) is 1. The zero-order valence-corrected chi connectivity index (χ0v) is 15.9. The van der Waals surface area contributed by atoms with Crippen molar-refractivity contribution in [3.63, 3.8) is 0 Å². The molecule has 1 aromatic carbocycles. The van der Waals surface area contributed by atoms with Crippen molar-refractivity contribution in [2.45, 2.75) is 32.1 Å². The number of fused-ring (bicyclic) bond motifs is 1. The van der Waals surface area contributed by atoms with Crippen LogP contribution in [0.15, 0.2) is 24.3 Å². The van der Waals surface area contributed by atoms with Gasteiger partial charge in [-0.2, -0.15) is 0 Å². The predicted molar refractivity (Wildman–Crippen MR) is 102 cm³/mol. The second-order valence-electron chi connectivity index (χ2n) is 6.67. The van der Waals surface area contributed by atoms with E-state index in [9.17, 15) is 14.4 Å². The van der Waals surface area contributed by atoms with Crippen LogP contribution in [-0.2, 0) is 25.5 Å². The van der Waals surface area contributed by atoms with Gasteiger partial charge in [-0.25, -0.2) is 4.98 Å². The summed E-state index contributed by atoms with van der Waals surface area (Å²) in [5, 5.41) is 0.992. The van der Waals surface area contributed by atoms with E-state index in [1.165, 1.54) is 0 Å². The summed E-state index contributed by atoms with van der Waals surface area (Å²) in [7, 11) is 0. The summed E-state index contributed by atoms with van der Waals surface area (Å²) in [5.41, 5.74) is 6.29. The van der Waals surface area contributed by atoms with Gasteiger partial charge in [-0.05, 0) is 37.8 Å². The van der Waals surface area contributed by atoms with Crippen LogP contribution in [0, 0.1) is 5.92 Å². The number of esters is 1. The van der Waals surface area contributed by atoms with Crippen LogP contribution in [0.3, 0.4) is 0 Å². The van der Waals surface area contributed by atoms with Gasteiger partial charge < -0.3 is 15.4 Å². The van der Waals surface area contributed by atoms with Crippen LogP contribution in [0.5, 0.6) is 0 Å². The first-order valence-electron chi connectivity index (χ1n) is 9.10. The Labute approximate surface area is 161 Å². The van der Waals surface area contributed by atoms with Gasteiger partial charge in [-0.3, -0.25) is 14.4 Å².